The Labute approximate surface area is 105 Å². The van der Waals surface area contributed by atoms with Crippen LogP contribution in [0.1, 0.15) is 0 Å². The van der Waals surface area contributed by atoms with Crippen molar-refractivity contribution in [2.24, 2.45) is 0 Å². The fraction of sp³-hybridized carbons (Fsp3) is 0. The predicted molar refractivity (Wildman–Crippen MR) is 11.3 cm³/mol. The van der Waals surface area contributed by atoms with Gasteiger partial charge in [-0.25, -0.2) is 0 Å². The fourth-order valence-electron chi connectivity index (χ4n) is 0. The Kier molecular flexibility index (Phi) is 202. The van der Waals surface area contributed by atoms with Crippen LogP contribution in [0.2, 0.25) is 0 Å². The monoisotopic (exact) mass is 866 g/mol. The first kappa shape index (κ1) is 39.0. The van der Waals surface area contributed by atoms with E-state index in [0.29, 0.717) is 0 Å². The fourth-order valence-corrected chi connectivity index (χ4v) is 0. The van der Waals surface area contributed by atoms with E-state index in [1.54, 1.807) is 0 Å². The standard InChI is InChI=1S/4Au.GeH4/h;;;;1H4. The van der Waals surface area contributed by atoms with Gasteiger partial charge in [-0.2, -0.15) is 0 Å². The summed E-state index contributed by atoms with van der Waals surface area (Å²) < 4.78 is 0. The minimum absolute atomic E-state index is 0. The minimum atomic E-state index is 0. The number of rotatable bonds is 0. The van der Waals surface area contributed by atoms with Crippen LogP contribution >= 0.6 is 0 Å². The van der Waals surface area contributed by atoms with Crippen molar-refractivity contribution in [2.75, 3.05) is 0 Å². The molecule has 0 unspecified atom stereocenters. The van der Waals surface area contributed by atoms with Crippen LogP contribution in [0, 0.1) is 0 Å². The summed E-state index contributed by atoms with van der Waals surface area (Å²) in [6.07, 6.45) is 0. The van der Waals surface area contributed by atoms with Gasteiger partial charge in [-0.15, -0.1) is 0 Å². The molecule has 0 spiro atoms. The van der Waals surface area contributed by atoms with Gasteiger partial charge in [0.15, 0.2) is 0 Å². The number of hydrogen-bond acceptors (Lipinski definition) is 0. The molecule has 0 aromatic rings. The molecule has 5 heavy (non-hydrogen) atoms. The zero-order valence-corrected chi connectivity index (χ0v) is 9.87. The van der Waals surface area contributed by atoms with Gasteiger partial charge in [0.1, 0.15) is 0 Å². The Balaban J connectivity index is 0. The molecule has 52 valence electrons. The zero-order chi connectivity index (χ0) is 0. The van der Waals surface area contributed by atoms with E-state index in [9.17, 15) is 0 Å². The summed E-state index contributed by atoms with van der Waals surface area (Å²) in [5, 5.41) is 0. The van der Waals surface area contributed by atoms with Crippen LogP contribution in [-0.4, -0.2) is 17.6 Å². The summed E-state index contributed by atoms with van der Waals surface area (Å²) in [5.74, 6) is 0. The first-order valence-electron chi connectivity index (χ1n) is 0. The van der Waals surface area contributed by atoms with E-state index in [-0.39, 0.29) is 107 Å². The van der Waals surface area contributed by atoms with E-state index < -0.39 is 0 Å². The zero-order valence-electron chi connectivity index (χ0n) is 1.21. The Morgan fingerprint density at radius 2 is 0.400 bits per heavy atom. The Morgan fingerprint density at radius 1 is 0.400 bits per heavy atom. The molecule has 0 saturated heterocycles. The Bertz CT molecular complexity index is 3.61. The van der Waals surface area contributed by atoms with Crippen molar-refractivity contribution in [1.29, 1.82) is 0 Å². The Hall–Kier alpha value is 3.50. The molecule has 0 N–H and O–H groups in total. The van der Waals surface area contributed by atoms with Gasteiger partial charge in [0.2, 0.25) is 0 Å². The van der Waals surface area contributed by atoms with Gasteiger partial charge in [-0.3, -0.25) is 0 Å². The third kappa shape index (κ3) is 18.5. The van der Waals surface area contributed by atoms with Crippen LogP contribution < -0.4 is 0 Å². The molecule has 0 fully saturated rings. The van der Waals surface area contributed by atoms with Crippen molar-refractivity contribution >= 4 is 17.6 Å². The molecule has 0 rings (SSSR count). The van der Waals surface area contributed by atoms with Crippen LogP contribution in [0.3, 0.4) is 0 Å². The number of hydrogen-bond donors (Lipinski definition) is 0. The van der Waals surface area contributed by atoms with Gasteiger partial charge in [-0.1, -0.05) is 0 Å². The maximum absolute atomic E-state index is 0. The van der Waals surface area contributed by atoms with E-state index in [2.05, 4.69) is 0 Å². The first-order valence-corrected chi connectivity index (χ1v) is 0. The molecule has 0 bridgehead atoms. The normalized spacial score (nSPS) is 0. The summed E-state index contributed by atoms with van der Waals surface area (Å²) in [6, 6.07) is 0. The molecule has 0 aliphatic heterocycles. The molecule has 0 aromatic carbocycles. The third-order valence-electron chi connectivity index (χ3n) is 0. The van der Waals surface area contributed by atoms with Gasteiger partial charge in [0.25, 0.3) is 0 Å². The molecule has 0 aromatic heterocycles. The van der Waals surface area contributed by atoms with Gasteiger partial charge < -0.3 is 0 Å². The first-order chi connectivity index (χ1) is 0. The summed E-state index contributed by atoms with van der Waals surface area (Å²) in [5.41, 5.74) is 0. The van der Waals surface area contributed by atoms with Crippen LogP contribution in [0.15, 0.2) is 0 Å². The molecule has 0 amide bonds. The van der Waals surface area contributed by atoms with Crippen molar-refractivity contribution in [3.8, 4) is 0 Å². The van der Waals surface area contributed by atoms with Crippen LogP contribution in [0.25, 0.3) is 0 Å². The van der Waals surface area contributed by atoms with Crippen molar-refractivity contribution in [2.45, 2.75) is 0 Å². The van der Waals surface area contributed by atoms with Crippen LogP contribution in [0.5, 0.6) is 0 Å². The van der Waals surface area contributed by atoms with E-state index in [1.807, 2.05) is 0 Å². The second-order valence-electron chi connectivity index (χ2n) is 0. The second-order valence-corrected chi connectivity index (χ2v) is 0. The van der Waals surface area contributed by atoms with Gasteiger partial charge >= 0.3 is 17.6 Å². The molecule has 0 nitrogen and oxygen atoms in total. The van der Waals surface area contributed by atoms with Crippen LogP contribution in [-0.2, 0) is 89.5 Å². The molecule has 5 heteroatoms. The predicted octanol–water partition coefficient (Wildman–Crippen LogP) is -1.46. The molecule has 0 heterocycles. The topological polar surface area (TPSA) is 0 Å². The van der Waals surface area contributed by atoms with Gasteiger partial charge in [0, 0.05) is 89.5 Å². The molecular weight excluding hydrogens is 860 g/mol. The quantitative estimate of drug-likeness (QED) is 0.262. The summed E-state index contributed by atoms with van der Waals surface area (Å²) in [6.45, 7) is 0. The second kappa shape index (κ2) is 25.9. The Morgan fingerprint density at radius 3 is 0.400 bits per heavy atom. The SMILES string of the molecule is [Au].[Au].[Au].[Au].[GeH4]. The van der Waals surface area contributed by atoms with Gasteiger partial charge in [-0.05, 0) is 0 Å². The van der Waals surface area contributed by atoms with E-state index >= 15 is 0 Å². The third-order valence-corrected chi connectivity index (χ3v) is 0. The molecular formula is H4Au4Ge. The van der Waals surface area contributed by atoms with Crippen LogP contribution in [0.4, 0.5) is 0 Å². The molecule has 0 aliphatic carbocycles. The van der Waals surface area contributed by atoms with Crippen molar-refractivity contribution in [3.63, 3.8) is 0 Å². The van der Waals surface area contributed by atoms with E-state index in [4.69, 9.17) is 0 Å². The molecule has 0 aliphatic rings. The average Bonchev–Trinajstić information content (AvgIpc) is 0. The van der Waals surface area contributed by atoms with E-state index in [1.165, 1.54) is 0 Å². The van der Waals surface area contributed by atoms with E-state index in [0.717, 1.165) is 0 Å². The van der Waals surface area contributed by atoms with Crippen molar-refractivity contribution < 1.29 is 89.5 Å². The van der Waals surface area contributed by atoms with Crippen molar-refractivity contribution in [1.82, 2.24) is 0 Å². The maximum atomic E-state index is 0. The van der Waals surface area contributed by atoms with Crippen molar-refractivity contribution in [3.05, 3.63) is 0 Å². The summed E-state index contributed by atoms with van der Waals surface area (Å²) >= 11 is 0. The van der Waals surface area contributed by atoms with Gasteiger partial charge in [0.05, 0.1) is 0 Å². The summed E-state index contributed by atoms with van der Waals surface area (Å²) in [7, 11) is 0. The summed E-state index contributed by atoms with van der Waals surface area (Å²) in [4.78, 5) is 0. The molecule has 0 atom stereocenters. The average molecular weight is 865 g/mol. The molecule has 4 radical (unpaired) electrons. The molecule has 0 saturated carbocycles.